The smallest absolute Gasteiger partial charge is 0.310 e. The van der Waals surface area contributed by atoms with E-state index in [0.29, 0.717) is 12.8 Å². The molecule has 0 bridgehead atoms. The molecule has 0 aromatic carbocycles. The molecule has 0 heterocycles. The van der Waals surface area contributed by atoms with E-state index in [-0.39, 0.29) is 5.97 Å². The predicted molar refractivity (Wildman–Crippen MR) is 93.3 cm³/mol. The summed E-state index contributed by atoms with van der Waals surface area (Å²) in [6, 6.07) is 0. The maximum atomic E-state index is 11.0. The van der Waals surface area contributed by atoms with Crippen molar-refractivity contribution in [3.63, 3.8) is 0 Å². The van der Waals surface area contributed by atoms with Gasteiger partial charge in [-0.3, -0.25) is 4.79 Å². The summed E-state index contributed by atoms with van der Waals surface area (Å²) >= 11 is 0. The molecule has 0 aliphatic carbocycles. The molecular formula is C19H34O3. The summed E-state index contributed by atoms with van der Waals surface area (Å²) in [4.78, 5) is 11.0. The topological polar surface area (TPSA) is 46.5 Å². The Hall–Kier alpha value is -1.27. The van der Waals surface area contributed by atoms with Crippen molar-refractivity contribution < 1.29 is 14.6 Å². The number of rotatable bonds is 12. The Morgan fingerprint density at radius 2 is 1.64 bits per heavy atom. The molecule has 22 heavy (non-hydrogen) atoms. The van der Waals surface area contributed by atoms with Crippen molar-refractivity contribution in [2.45, 2.75) is 90.6 Å². The first kappa shape index (κ1) is 23.0. The van der Waals surface area contributed by atoms with Crippen LogP contribution in [0.2, 0.25) is 0 Å². The summed E-state index contributed by atoms with van der Waals surface area (Å²) in [5, 5.41) is 8.43. The number of ether oxygens (including phenoxy) is 1. The highest BCUT2D eigenvalue weighted by Crippen LogP contribution is 2.10. The van der Waals surface area contributed by atoms with Crippen LogP contribution in [0.4, 0.5) is 0 Å². The lowest BCUT2D eigenvalue weighted by molar-refractivity contribution is -0.138. The number of aliphatic hydroxyl groups excluding tert-OH is 1. The molecule has 1 N–H and O–H groups in total. The standard InChI is InChI=1S/C14H26O2.C5H8O/c1-3-5-6-7-8-9-10-11-12-13-14(15)16-4-2;1-3-5(6)4-2/h4H,2-3,5-13H2,1H3;1,5-6H,4H2,2H3. The maximum Gasteiger partial charge on any atom is 0.310 e. The fourth-order valence-electron chi connectivity index (χ4n) is 1.85. The average Bonchev–Trinajstić information content (AvgIpc) is 2.53. The first-order valence-corrected chi connectivity index (χ1v) is 8.56. The van der Waals surface area contributed by atoms with Crippen molar-refractivity contribution >= 4 is 5.97 Å². The second kappa shape index (κ2) is 19.7. The van der Waals surface area contributed by atoms with E-state index in [1.165, 1.54) is 51.2 Å². The van der Waals surface area contributed by atoms with Gasteiger partial charge < -0.3 is 9.84 Å². The molecule has 0 fully saturated rings. The lowest BCUT2D eigenvalue weighted by Gasteiger charge is -2.01. The van der Waals surface area contributed by atoms with Gasteiger partial charge in [-0.15, -0.1) is 6.42 Å². The van der Waals surface area contributed by atoms with Crippen LogP contribution in [0.1, 0.15) is 84.5 Å². The average molecular weight is 310 g/mol. The first-order chi connectivity index (χ1) is 10.6. The molecule has 128 valence electrons. The number of unbranched alkanes of at least 4 members (excludes halogenated alkanes) is 8. The molecular weight excluding hydrogens is 276 g/mol. The highest BCUT2D eigenvalue weighted by atomic mass is 16.5. The van der Waals surface area contributed by atoms with E-state index in [2.05, 4.69) is 24.2 Å². The molecule has 0 aromatic heterocycles. The Labute approximate surface area is 137 Å². The van der Waals surface area contributed by atoms with E-state index in [1.807, 2.05) is 6.92 Å². The van der Waals surface area contributed by atoms with Gasteiger partial charge in [-0.2, -0.15) is 0 Å². The van der Waals surface area contributed by atoms with E-state index in [4.69, 9.17) is 11.5 Å². The van der Waals surface area contributed by atoms with E-state index < -0.39 is 6.10 Å². The van der Waals surface area contributed by atoms with E-state index >= 15 is 0 Å². The summed E-state index contributed by atoms with van der Waals surface area (Å²) in [7, 11) is 0. The zero-order chi connectivity index (χ0) is 17.1. The number of terminal acetylenes is 1. The molecule has 3 heteroatoms. The maximum absolute atomic E-state index is 11.0. The molecule has 0 rings (SSSR count). The van der Waals surface area contributed by atoms with Crippen molar-refractivity contribution in [1.82, 2.24) is 0 Å². The molecule has 0 amide bonds. The van der Waals surface area contributed by atoms with Crippen LogP contribution in [-0.4, -0.2) is 17.2 Å². The zero-order valence-electron chi connectivity index (χ0n) is 14.5. The highest BCUT2D eigenvalue weighted by Gasteiger charge is 1.99. The van der Waals surface area contributed by atoms with Crippen LogP contribution in [-0.2, 0) is 9.53 Å². The van der Waals surface area contributed by atoms with E-state index in [9.17, 15) is 4.79 Å². The van der Waals surface area contributed by atoms with Gasteiger partial charge >= 0.3 is 5.97 Å². The van der Waals surface area contributed by atoms with Gasteiger partial charge in [-0.1, -0.05) is 77.7 Å². The van der Waals surface area contributed by atoms with E-state index in [1.54, 1.807) is 0 Å². The SMILES string of the molecule is C#CC(O)CC.C=COC(=O)CCCCCCCCCCC. The van der Waals surface area contributed by atoms with Gasteiger partial charge in [0.2, 0.25) is 0 Å². The van der Waals surface area contributed by atoms with Gasteiger partial charge in [0.15, 0.2) is 0 Å². The van der Waals surface area contributed by atoms with Crippen LogP contribution in [0.3, 0.4) is 0 Å². The molecule has 1 unspecified atom stereocenters. The fraction of sp³-hybridized carbons (Fsp3) is 0.737. The van der Waals surface area contributed by atoms with Crippen LogP contribution in [0.15, 0.2) is 12.8 Å². The second-order valence-corrected chi connectivity index (χ2v) is 5.33. The van der Waals surface area contributed by atoms with Gasteiger partial charge in [-0.25, -0.2) is 0 Å². The number of carbonyl (C=O) groups excluding carboxylic acids is 1. The molecule has 0 aromatic rings. The minimum atomic E-state index is -0.537. The lowest BCUT2D eigenvalue weighted by Crippen LogP contribution is -1.98. The molecule has 1 atom stereocenters. The van der Waals surface area contributed by atoms with Crippen molar-refractivity contribution in [1.29, 1.82) is 0 Å². The Morgan fingerprint density at radius 1 is 1.14 bits per heavy atom. The van der Waals surface area contributed by atoms with Gasteiger partial charge in [0.1, 0.15) is 6.10 Å². The van der Waals surface area contributed by atoms with Crippen LogP contribution in [0.5, 0.6) is 0 Å². The summed E-state index contributed by atoms with van der Waals surface area (Å²) in [5.74, 6) is 2.02. The van der Waals surface area contributed by atoms with E-state index in [0.717, 1.165) is 12.8 Å². The fourth-order valence-corrected chi connectivity index (χ4v) is 1.85. The molecule has 3 nitrogen and oxygen atoms in total. The number of carbonyl (C=O) groups is 1. The molecule has 0 aliphatic rings. The molecule has 0 radical (unpaired) electrons. The number of hydrogen-bond acceptors (Lipinski definition) is 3. The summed E-state index contributed by atoms with van der Waals surface area (Å²) in [6.45, 7) is 7.43. The van der Waals surface area contributed by atoms with Crippen LogP contribution >= 0.6 is 0 Å². The van der Waals surface area contributed by atoms with Crippen molar-refractivity contribution in [3.8, 4) is 12.3 Å². The zero-order valence-corrected chi connectivity index (χ0v) is 14.5. The third-order valence-electron chi connectivity index (χ3n) is 3.28. The minimum Gasteiger partial charge on any atom is -0.435 e. The monoisotopic (exact) mass is 310 g/mol. The van der Waals surface area contributed by atoms with Crippen molar-refractivity contribution in [2.75, 3.05) is 0 Å². The third-order valence-corrected chi connectivity index (χ3v) is 3.28. The van der Waals surface area contributed by atoms with Crippen molar-refractivity contribution in [2.24, 2.45) is 0 Å². The van der Waals surface area contributed by atoms with Crippen LogP contribution < -0.4 is 0 Å². The predicted octanol–water partition coefficient (Wildman–Crippen LogP) is 4.98. The largest absolute Gasteiger partial charge is 0.435 e. The van der Waals surface area contributed by atoms with Crippen molar-refractivity contribution in [3.05, 3.63) is 12.8 Å². The minimum absolute atomic E-state index is 0.155. The molecule has 0 aliphatic heterocycles. The first-order valence-electron chi connectivity index (χ1n) is 8.56. The number of hydrogen-bond donors (Lipinski definition) is 1. The van der Waals surface area contributed by atoms with Gasteiger partial charge in [0, 0.05) is 6.42 Å². The Bertz CT molecular complexity index is 292. The molecule has 0 saturated carbocycles. The number of aliphatic hydroxyl groups is 1. The lowest BCUT2D eigenvalue weighted by atomic mass is 10.1. The summed E-state index contributed by atoms with van der Waals surface area (Å²) in [6.07, 6.45) is 18.0. The number of esters is 1. The van der Waals surface area contributed by atoms with Crippen LogP contribution in [0.25, 0.3) is 0 Å². The van der Waals surface area contributed by atoms with Gasteiger partial charge in [0.05, 0.1) is 6.26 Å². The third kappa shape index (κ3) is 21.0. The Balaban J connectivity index is 0. The second-order valence-electron chi connectivity index (χ2n) is 5.33. The Morgan fingerprint density at radius 3 is 2.00 bits per heavy atom. The quantitative estimate of drug-likeness (QED) is 0.239. The molecule has 0 saturated heterocycles. The van der Waals surface area contributed by atoms with Crippen LogP contribution in [0, 0.1) is 12.3 Å². The summed E-state index contributed by atoms with van der Waals surface area (Å²) in [5.41, 5.74) is 0. The van der Waals surface area contributed by atoms with Gasteiger partial charge in [-0.05, 0) is 12.8 Å². The Kier molecular flexibility index (Phi) is 20.6. The van der Waals surface area contributed by atoms with Gasteiger partial charge in [0.25, 0.3) is 0 Å². The molecule has 0 spiro atoms. The normalized spacial score (nSPS) is 10.8. The summed E-state index contributed by atoms with van der Waals surface area (Å²) < 4.78 is 4.64. The highest BCUT2D eigenvalue weighted by molar-refractivity contribution is 5.69.